The highest BCUT2D eigenvalue weighted by molar-refractivity contribution is 5.55. The number of benzene rings is 1. The zero-order chi connectivity index (χ0) is 14.5. The van der Waals surface area contributed by atoms with Crippen LogP contribution in [0.3, 0.4) is 0 Å². The Morgan fingerprint density at radius 3 is 2.52 bits per heavy atom. The molecular formula is C17H22N2O2. The first kappa shape index (κ1) is 14.0. The molecule has 4 heteroatoms. The van der Waals surface area contributed by atoms with Crippen molar-refractivity contribution >= 4 is 11.4 Å². The van der Waals surface area contributed by atoms with Crippen LogP contribution < -0.4 is 10.2 Å². The summed E-state index contributed by atoms with van der Waals surface area (Å²) in [7, 11) is 0. The van der Waals surface area contributed by atoms with E-state index in [9.17, 15) is 5.11 Å². The molecule has 3 rings (SSSR count). The van der Waals surface area contributed by atoms with Crippen molar-refractivity contribution in [1.82, 2.24) is 0 Å². The lowest BCUT2D eigenvalue weighted by Crippen LogP contribution is -2.29. The van der Waals surface area contributed by atoms with E-state index in [-0.39, 0.29) is 0 Å². The molecule has 2 heterocycles. The van der Waals surface area contributed by atoms with Crippen molar-refractivity contribution in [3.05, 3.63) is 48.4 Å². The molecule has 112 valence electrons. The average Bonchev–Trinajstić information content (AvgIpc) is 3.08. The minimum absolute atomic E-state index is 0.441. The zero-order valence-electron chi connectivity index (χ0n) is 12.2. The van der Waals surface area contributed by atoms with Gasteiger partial charge >= 0.3 is 0 Å². The maximum absolute atomic E-state index is 9.96. The van der Waals surface area contributed by atoms with Crippen molar-refractivity contribution in [2.75, 3.05) is 29.9 Å². The molecule has 0 bridgehead atoms. The molecule has 0 saturated carbocycles. The van der Waals surface area contributed by atoms with E-state index in [1.54, 1.807) is 18.4 Å². The van der Waals surface area contributed by atoms with E-state index >= 15 is 0 Å². The zero-order valence-corrected chi connectivity index (χ0v) is 12.2. The third-order valence-corrected chi connectivity index (χ3v) is 3.96. The Hall–Kier alpha value is -1.94. The Morgan fingerprint density at radius 1 is 1.10 bits per heavy atom. The first-order chi connectivity index (χ1) is 10.3. The van der Waals surface area contributed by atoms with Crippen LogP contribution in [0.1, 0.15) is 31.1 Å². The van der Waals surface area contributed by atoms with E-state index in [4.69, 9.17) is 4.42 Å². The van der Waals surface area contributed by atoms with Gasteiger partial charge in [-0.25, -0.2) is 0 Å². The minimum Gasteiger partial charge on any atom is -0.467 e. The number of hydrogen-bond acceptors (Lipinski definition) is 4. The smallest absolute Gasteiger partial charge is 0.134 e. The second kappa shape index (κ2) is 6.68. The first-order valence-electron chi connectivity index (χ1n) is 7.63. The fourth-order valence-electron chi connectivity index (χ4n) is 2.74. The average molecular weight is 286 g/mol. The topological polar surface area (TPSA) is 48.6 Å². The van der Waals surface area contributed by atoms with E-state index < -0.39 is 6.10 Å². The van der Waals surface area contributed by atoms with Crippen LogP contribution in [0, 0.1) is 0 Å². The maximum Gasteiger partial charge on any atom is 0.134 e. The number of nitrogens with one attached hydrogen (secondary N) is 1. The third kappa shape index (κ3) is 3.58. The van der Waals surface area contributed by atoms with Gasteiger partial charge in [-0.2, -0.15) is 0 Å². The molecule has 1 aromatic carbocycles. The summed E-state index contributed by atoms with van der Waals surface area (Å²) in [6.07, 6.45) is 4.87. The summed E-state index contributed by atoms with van der Waals surface area (Å²) in [6.45, 7) is 2.75. The molecule has 2 N–H and O–H groups in total. The highest BCUT2D eigenvalue weighted by atomic mass is 16.4. The monoisotopic (exact) mass is 286 g/mol. The first-order valence-corrected chi connectivity index (χ1v) is 7.63. The van der Waals surface area contributed by atoms with Gasteiger partial charge in [0.1, 0.15) is 11.9 Å². The predicted molar refractivity (Wildman–Crippen MR) is 84.7 cm³/mol. The highest BCUT2D eigenvalue weighted by Crippen LogP contribution is 2.22. The summed E-state index contributed by atoms with van der Waals surface area (Å²) in [5, 5.41) is 13.2. The Kier molecular flexibility index (Phi) is 4.46. The highest BCUT2D eigenvalue weighted by Gasteiger charge is 2.12. The summed E-state index contributed by atoms with van der Waals surface area (Å²) < 4.78 is 5.19. The second-order valence-electron chi connectivity index (χ2n) is 5.51. The molecule has 1 aliphatic rings. The van der Waals surface area contributed by atoms with Gasteiger partial charge in [0, 0.05) is 31.0 Å². The summed E-state index contributed by atoms with van der Waals surface area (Å²) in [5.74, 6) is 0.590. The number of rotatable bonds is 5. The number of anilines is 2. The summed E-state index contributed by atoms with van der Waals surface area (Å²) in [5.41, 5.74) is 2.30. The van der Waals surface area contributed by atoms with Crippen molar-refractivity contribution < 1.29 is 9.52 Å². The van der Waals surface area contributed by atoms with E-state index in [1.807, 2.05) is 0 Å². The van der Waals surface area contributed by atoms with Crippen LogP contribution in [0.15, 0.2) is 47.1 Å². The normalized spacial score (nSPS) is 16.7. The van der Waals surface area contributed by atoms with Gasteiger partial charge in [-0.3, -0.25) is 0 Å². The van der Waals surface area contributed by atoms with Gasteiger partial charge < -0.3 is 19.7 Å². The molecule has 0 radical (unpaired) electrons. The summed E-state index contributed by atoms with van der Waals surface area (Å²) in [4.78, 5) is 2.44. The molecule has 1 aliphatic heterocycles. The van der Waals surface area contributed by atoms with Crippen LogP contribution in [0.25, 0.3) is 0 Å². The van der Waals surface area contributed by atoms with Crippen molar-refractivity contribution in [1.29, 1.82) is 0 Å². The van der Waals surface area contributed by atoms with Crippen LogP contribution in [-0.2, 0) is 0 Å². The number of nitrogens with zero attached hydrogens (tertiary/aromatic N) is 1. The van der Waals surface area contributed by atoms with Gasteiger partial charge in [-0.15, -0.1) is 0 Å². The molecule has 21 heavy (non-hydrogen) atoms. The van der Waals surface area contributed by atoms with Gasteiger partial charge in [0.05, 0.1) is 6.26 Å². The van der Waals surface area contributed by atoms with E-state index in [2.05, 4.69) is 34.5 Å². The van der Waals surface area contributed by atoms with Crippen molar-refractivity contribution in [3.63, 3.8) is 0 Å². The molecule has 0 spiro atoms. The molecule has 2 aromatic rings. The van der Waals surface area contributed by atoms with E-state index in [1.165, 1.54) is 24.9 Å². The van der Waals surface area contributed by atoms with Crippen LogP contribution >= 0.6 is 0 Å². The predicted octanol–water partition coefficient (Wildman–Crippen LogP) is 3.42. The van der Waals surface area contributed by atoms with Gasteiger partial charge in [0.15, 0.2) is 0 Å². The van der Waals surface area contributed by atoms with Crippen LogP contribution in [0.4, 0.5) is 11.4 Å². The Balaban J connectivity index is 1.54. The summed E-state index contributed by atoms with van der Waals surface area (Å²) in [6, 6.07) is 12.0. The van der Waals surface area contributed by atoms with Crippen LogP contribution in [0.5, 0.6) is 0 Å². The Bertz CT molecular complexity index is 530. The number of aliphatic hydroxyl groups is 1. The summed E-state index contributed by atoms with van der Waals surface area (Å²) >= 11 is 0. The largest absolute Gasteiger partial charge is 0.467 e. The lowest BCUT2D eigenvalue weighted by molar-refractivity contribution is 0.162. The van der Waals surface area contributed by atoms with E-state index in [0.29, 0.717) is 12.3 Å². The third-order valence-electron chi connectivity index (χ3n) is 3.96. The molecule has 1 unspecified atom stereocenters. The standard InChI is InChI=1S/C17H22N2O2/c20-16(17-5-4-12-21-17)13-18-14-6-8-15(9-7-14)19-10-2-1-3-11-19/h4-9,12,16,18,20H,1-3,10-11,13H2. The van der Waals surface area contributed by atoms with Gasteiger partial charge in [-0.05, 0) is 55.7 Å². The molecule has 1 atom stereocenters. The van der Waals surface area contributed by atoms with Gasteiger partial charge in [0.2, 0.25) is 0 Å². The van der Waals surface area contributed by atoms with Crippen molar-refractivity contribution in [2.24, 2.45) is 0 Å². The minimum atomic E-state index is -0.623. The Labute approximate surface area is 125 Å². The van der Waals surface area contributed by atoms with E-state index in [0.717, 1.165) is 18.8 Å². The number of furan rings is 1. The maximum atomic E-state index is 9.96. The second-order valence-corrected chi connectivity index (χ2v) is 5.51. The van der Waals surface area contributed by atoms with Crippen LogP contribution in [-0.4, -0.2) is 24.7 Å². The lowest BCUT2D eigenvalue weighted by atomic mass is 10.1. The fraction of sp³-hybridized carbons (Fsp3) is 0.412. The molecule has 1 saturated heterocycles. The molecule has 0 aliphatic carbocycles. The van der Waals surface area contributed by atoms with Gasteiger partial charge in [0.25, 0.3) is 0 Å². The molecule has 0 amide bonds. The van der Waals surface area contributed by atoms with Gasteiger partial charge in [-0.1, -0.05) is 0 Å². The fourth-order valence-corrected chi connectivity index (χ4v) is 2.74. The Morgan fingerprint density at radius 2 is 1.86 bits per heavy atom. The number of piperidine rings is 1. The van der Waals surface area contributed by atoms with Crippen molar-refractivity contribution in [2.45, 2.75) is 25.4 Å². The molecule has 1 aromatic heterocycles. The quantitative estimate of drug-likeness (QED) is 0.884. The molecule has 4 nitrogen and oxygen atoms in total. The number of aliphatic hydroxyl groups excluding tert-OH is 1. The molecular weight excluding hydrogens is 264 g/mol. The lowest BCUT2D eigenvalue weighted by Gasteiger charge is -2.28. The SMILES string of the molecule is OC(CNc1ccc(N2CCCCC2)cc1)c1ccco1. The molecule has 1 fully saturated rings. The van der Waals surface area contributed by atoms with Crippen molar-refractivity contribution in [3.8, 4) is 0 Å². The number of hydrogen-bond donors (Lipinski definition) is 2. The van der Waals surface area contributed by atoms with Crippen LogP contribution in [0.2, 0.25) is 0 Å².